The number of nitro benzene ring substituents is 1. The molecule has 0 aliphatic rings. The van der Waals surface area contributed by atoms with Gasteiger partial charge in [0.15, 0.2) is 0 Å². The lowest BCUT2D eigenvalue weighted by Crippen LogP contribution is -2.15. The number of anilines is 2. The van der Waals surface area contributed by atoms with Gasteiger partial charge < -0.3 is 11.1 Å². The highest BCUT2D eigenvalue weighted by atomic mass is 19.1. The van der Waals surface area contributed by atoms with Gasteiger partial charge in [-0.25, -0.2) is 4.39 Å². The Morgan fingerprint density at radius 2 is 2.05 bits per heavy atom. The summed E-state index contributed by atoms with van der Waals surface area (Å²) in [5.74, 6) is -1.20. The zero-order valence-electron chi connectivity index (χ0n) is 11.1. The molecule has 7 heteroatoms. The highest BCUT2D eigenvalue weighted by Gasteiger charge is 2.23. The molecule has 2 aromatic carbocycles. The van der Waals surface area contributed by atoms with Crippen LogP contribution in [-0.2, 0) is 0 Å². The first-order chi connectivity index (χ1) is 9.90. The summed E-state index contributed by atoms with van der Waals surface area (Å²) in [5, 5.41) is 13.4. The van der Waals surface area contributed by atoms with Gasteiger partial charge >= 0.3 is 5.69 Å². The van der Waals surface area contributed by atoms with E-state index in [9.17, 15) is 19.3 Å². The van der Waals surface area contributed by atoms with Gasteiger partial charge in [0.05, 0.1) is 4.92 Å². The van der Waals surface area contributed by atoms with Crippen molar-refractivity contribution in [2.24, 2.45) is 0 Å². The molecular formula is C14H12FN3O3. The van der Waals surface area contributed by atoms with E-state index in [1.807, 2.05) is 0 Å². The first kappa shape index (κ1) is 14.4. The lowest BCUT2D eigenvalue weighted by molar-refractivity contribution is -0.384. The standard InChI is InChI=1S/C14H12FN3O3/c1-8-5-6-9(7-11(8)15)17-14(19)10-3-2-4-12(16)13(10)18(20)21/h2-7H,16H2,1H3,(H,17,19). The fourth-order valence-electron chi connectivity index (χ4n) is 1.82. The fraction of sp³-hybridized carbons (Fsp3) is 0.0714. The van der Waals surface area contributed by atoms with E-state index in [1.54, 1.807) is 6.92 Å². The van der Waals surface area contributed by atoms with E-state index < -0.39 is 22.3 Å². The number of nitrogens with zero attached hydrogens (tertiary/aromatic N) is 1. The second-order valence-corrected chi connectivity index (χ2v) is 4.42. The molecule has 3 N–H and O–H groups in total. The number of amides is 1. The van der Waals surface area contributed by atoms with Crippen LogP contribution in [0.15, 0.2) is 36.4 Å². The van der Waals surface area contributed by atoms with Crippen LogP contribution in [0.25, 0.3) is 0 Å². The maximum atomic E-state index is 13.4. The van der Waals surface area contributed by atoms with Crippen LogP contribution < -0.4 is 11.1 Å². The van der Waals surface area contributed by atoms with Crippen LogP contribution in [0.3, 0.4) is 0 Å². The van der Waals surface area contributed by atoms with Gasteiger partial charge in [-0.1, -0.05) is 12.1 Å². The molecule has 0 aliphatic heterocycles. The van der Waals surface area contributed by atoms with Crippen LogP contribution in [-0.4, -0.2) is 10.8 Å². The van der Waals surface area contributed by atoms with E-state index in [1.165, 1.54) is 30.3 Å². The minimum atomic E-state index is -0.725. The third-order valence-corrected chi connectivity index (χ3v) is 2.92. The van der Waals surface area contributed by atoms with Crippen molar-refractivity contribution in [2.45, 2.75) is 6.92 Å². The van der Waals surface area contributed by atoms with Crippen molar-refractivity contribution in [3.63, 3.8) is 0 Å². The molecule has 21 heavy (non-hydrogen) atoms. The van der Waals surface area contributed by atoms with Crippen LogP contribution in [0.4, 0.5) is 21.5 Å². The molecule has 1 amide bonds. The lowest BCUT2D eigenvalue weighted by atomic mass is 10.1. The van der Waals surface area contributed by atoms with Crippen molar-refractivity contribution in [1.29, 1.82) is 0 Å². The van der Waals surface area contributed by atoms with Crippen LogP contribution in [0.2, 0.25) is 0 Å². The minimum absolute atomic E-state index is 0.109. The predicted octanol–water partition coefficient (Wildman–Crippen LogP) is 2.88. The normalized spacial score (nSPS) is 10.2. The van der Waals surface area contributed by atoms with Crippen LogP contribution in [0.1, 0.15) is 15.9 Å². The zero-order valence-corrected chi connectivity index (χ0v) is 11.1. The number of hydrogen-bond acceptors (Lipinski definition) is 4. The van der Waals surface area contributed by atoms with Crippen LogP contribution in [0, 0.1) is 22.9 Å². The number of nitrogens with two attached hydrogens (primary N) is 1. The molecule has 0 unspecified atom stereocenters. The molecule has 0 spiro atoms. The maximum absolute atomic E-state index is 13.4. The molecule has 0 saturated heterocycles. The maximum Gasteiger partial charge on any atom is 0.304 e. The topological polar surface area (TPSA) is 98.3 Å². The van der Waals surface area contributed by atoms with Crippen molar-refractivity contribution in [3.05, 3.63) is 63.5 Å². The molecule has 0 heterocycles. The number of rotatable bonds is 3. The lowest BCUT2D eigenvalue weighted by Gasteiger charge is -2.08. The number of para-hydroxylation sites is 1. The largest absolute Gasteiger partial charge is 0.393 e. The third kappa shape index (κ3) is 2.97. The second-order valence-electron chi connectivity index (χ2n) is 4.42. The van der Waals surface area contributed by atoms with Crippen molar-refractivity contribution in [1.82, 2.24) is 0 Å². The number of halogens is 1. The summed E-state index contributed by atoms with van der Waals surface area (Å²) < 4.78 is 13.4. The number of nitro groups is 1. The van der Waals surface area contributed by atoms with Gasteiger partial charge in [0.1, 0.15) is 17.1 Å². The summed E-state index contributed by atoms with van der Waals surface area (Å²) in [4.78, 5) is 22.4. The number of benzene rings is 2. The number of nitrogen functional groups attached to an aromatic ring is 1. The zero-order chi connectivity index (χ0) is 15.6. The molecule has 0 aliphatic carbocycles. The van der Waals surface area contributed by atoms with E-state index in [4.69, 9.17) is 5.73 Å². The molecule has 0 fully saturated rings. The Morgan fingerprint density at radius 3 is 2.67 bits per heavy atom. The molecular weight excluding hydrogens is 277 g/mol. The van der Waals surface area contributed by atoms with E-state index in [0.29, 0.717) is 5.56 Å². The minimum Gasteiger partial charge on any atom is -0.393 e. The van der Waals surface area contributed by atoms with Gasteiger partial charge in [0, 0.05) is 5.69 Å². The molecule has 6 nitrogen and oxygen atoms in total. The molecule has 0 radical (unpaired) electrons. The summed E-state index contributed by atoms with van der Waals surface area (Å²) in [6, 6.07) is 8.21. The Hall–Kier alpha value is -2.96. The Morgan fingerprint density at radius 1 is 1.33 bits per heavy atom. The highest BCUT2D eigenvalue weighted by molar-refractivity contribution is 6.08. The Labute approximate surface area is 119 Å². The van der Waals surface area contributed by atoms with E-state index in [-0.39, 0.29) is 16.9 Å². The summed E-state index contributed by atoms with van der Waals surface area (Å²) >= 11 is 0. The highest BCUT2D eigenvalue weighted by Crippen LogP contribution is 2.26. The van der Waals surface area contributed by atoms with Gasteiger partial charge in [-0.2, -0.15) is 0 Å². The van der Waals surface area contributed by atoms with Crippen molar-refractivity contribution in [3.8, 4) is 0 Å². The van der Waals surface area contributed by atoms with Gasteiger partial charge in [-0.3, -0.25) is 14.9 Å². The van der Waals surface area contributed by atoms with Gasteiger partial charge in [0.2, 0.25) is 0 Å². The monoisotopic (exact) mass is 289 g/mol. The van der Waals surface area contributed by atoms with E-state index in [2.05, 4.69) is 5.32 Å². The van der Waals surface area contributed by atoms with E-state index >= 15 is 0 Å². The Bertz CT molecular complexity index is 731. The summed E-state index contributed by atoms with van der Waals surface area (Å²) in [6.07, 6.45) is 0. The smallest absolute Gasteiger partial charge is 0.304 e. The summed E-state index contributed by atoms with van der Waals surface area (Å²) in [6.45, 7) is 1.59. The average Bonchev–Trinajstić information content (AvgIpc) is 2.42. The number of nitrogens with one attached hydrogen (secondary N) is 1. The fourth-order valence-corrected chi connectivity index (χ4v) is 1.82. The molecule has 0 saturated carbocycles. The van der Waals surface area contributed by atoms with Gasteiger partial charge in [-0.15, -0.1) is 0 Å². The van der Waals surface area contributed by atoms with Crippen molar-refractivity contribution in [2.75, 3.05) is 11.1 Å². The first-order valence-corrected chi connectivity index (χ1v) is 6.00. The van der Waals surface area contributed by atoms with Gasteiger partial charge in [0.25, 0.3) is 5.91 Å². The van der Waals surface area contributed by atoms with Gasteiger partial charge in [-0.05, 0) is 36.8 Å². The third-order valence-electron chi connectivity index (χ3n) is 2.92. The molecule has 2 aromatic rings. The summed E-state index contributed by atoms with van der Waals surface area (Å²) in [7, 11) is 0. The molecule has 108 valence electrons. The molecule has 0 bridgehead atoms. The predicted molar refractivity (Wildman–Crippen MR) is 76.6 cm³/mol. The van der Waals surface area contributed by atoms with Crippen LogP contribution in [0.5, 0.6) is 0 Å². The van der Waals surface area contributed by atoms with Crippen molar-refractivity contribution < 1.29 is 14.1 Å². The number of carbonyl (C=O) groups excluding carboxylic acids is 1. The molecule has 2 rings (SSSR count). The van der Waals surface area contributed by atoms with Crippen molar-refractivity contribution >= 4 is 23.0 Å². The quantitative estimate of drug-likeness (QED) is 0.515. The van der Waals surface area contributed by atoms with E-state index in [0.717, 1.165) is 6.07 Å². The summed E-state index contributed by atoms with van der Waals surface area (Å²) in [5.41, 5.74) is 5.40. The first-order valence-electron chi connectivity index (χ1n) is 6.00. The Kier molecular flexibility index (Phi) is 3.84. The number of carbonyl (C=O) groups is 1. The molecule has 0 atom stereocenters. The van der Waals surface area contributed by atoms with Crippen LogP contribution >= 0.6 is 0 Å². The molecule has 0 aromatic heterocycles. The average molecular weight is 289 g/mol. The SMILES string of the molecule is Cc1ccc(NC(=O)c2cccc(N)c2[N+](=O)[O-])cc1F. The second kappa shape index (κ2) is 5.58. The Balaban J connectivity index is 2.35. The number of hydrogen-bond donors (Lipinski definition) is 2. The number of aryl methyl sites for hydroxylation is 1.